The van der Waals surface area contributed by atoms with E-state index in [1.165, 1.54) is 6.42 Å². The SMILES string of the molecule is CC1CC1CNC1CC(O)C1(C)C. The fourth-order valence-corrected chi connectivity index (χ4v) is 2.23. The first-order valence-electron chi connectivity index (χ1n) is 5.43. The molecular weight excluding hydrogens is 162 g/mol. The van der Waals surface area contributed by atoms with Crippen LogP contribution in [0, 0.1) is 17.3 Å². The smallest absolute Gasteiger partial charge is 0.0621 e. The van der Waals surface area contributed by atoms with Gasteiger partial charge in [0.1, 0.15) is 0 Å². The number of aliphatic hydroxyl groups is 1. The Morgan fingerprint density at radius 1 is 1.38 bits per heavy atom. The Morgan fingerprint density at radius 3 is 2.38 bits per heavy atom. The first-order chi connectivity index (χ1) is 6.01. The Balaban J connectivity index is 1.72. The van der Waals surface area contributed by atoms with Crippen LogP contribution in [0.1, 0.15) is 33.6 Å². The first kappa shape index (κ1) is 9.47. The van der Waals surface area contributed by atoms with Crippen LogP contribution in [0.15, 0.2) is 0 Å². The van der Waals surface area contributed by atoms with Crippen molar-refractivity contribution < 1.29 is 5.11 Å². The molecule has 4 atom stereocenters. The van der Waals surface area contributed by atoms with Crippen molar-refractivity contribution in [2.24, 2.45) is 17.3 Å². The maximum atomic E-state index is 9.54. The molecule has 0 spiro atoms. The van der Waals surface area contributed by atoms with Gasteiger partial charge in [0.25, 0.3) is 0 Å². The minimum atomic E-state index is -0.0957. The molecule has 0 heterocycles. The van der Waals surface area contributed by atoms with E-state index in [2.05, 4.69) is 26.1 Å². The molecule has 4 unspecified atom stereocenters. The van der Waals surface area contributed by atoms with Gasteiger partial charge in [0, 0.05) is 11.5 Å². The summed E-state index contributed by atoms with van der Waals surface area (Å²) in [4.78, 5) is 0. The lowest BCUT2D eigenvalue weighted by Crippen LogP contribution is -2.60. The van der Waals surface area contributed by atoms with E-state index < -0.39 is 0 Å². The van der Waals surface area contributed by atoms with Crippen LogP contribution in [0.4, 0.5) is 0 Å². The summed E-state index contributed by atoms with van der Waals surface area (Å²) >= 11 is 0. The van der Waals surface area contributed by atoms with Crippen molar-refractivity contribution in [3.8, 4) is 0 Å². The second-order valence-electron chi connectivity index (χ2n) is 5.51. The molecule has 0 radical (unpaired) electrons. The van der Waals surface area contributed by atoms with Crippen LogP contribution in [-0.2, 0) is 0 Å². The Kier molecular flexibility index (Phi) is 2.16. The van der Waals surface area contributed by atoms with Crippen molar-refractivity contribution in [2.75, 3.05) is 6.54 Å². The Labute approximate surface area is 80.7 Å². The Morgan fingerprint density at radius 2 is 2.00 bits per heavy atom. The molecule has 0 aromatic rings. The van der Waals surface area contributed by atoms with Gasteiger partial charge in [-0.3, -0.25) is 0 Å². The molecule has 0 amide bonds. The largest absolute Gasteiger partial charge is 0.392 e. The van der Waals surface area contributed by atoms with Crippen molar-refractivity contribution in [1.29, 1.82) is 0 Å². The lowest BCUT2D eigenvalue weighted by molar-refractivity contribution is -0.0726. The minimum Gasteiger partial charge on any atom is -0.392 e. The summed E-state index contributed by atoms with van der Waals surface area (Å²) in [5.41, 5.74) is 0.0954. The number of hydrogen-bond donors (Lipinski definition) is 2. The molecule has 2 aliphatic rings. The molecule has 0 bridgehead atoms. The summed E-state index contributed by atoms with van der Waals surface area (Å²) < 4.78 is 0. The van der Waals surface area contributed by atoms with Gasteiger partial charge in [-0.2, -0.15) is 0 Å². The zero-order valence-corrected chi connectivity index (χ0v) is 8.88. The second kappa shape index (κ2) is 2.96. The summed E-state index contributed by atoms with van der Waals surface area (Å²) in [7, 11) is 0. The molecule has 2 fully saturated rings. The second-order valence-corrected chi connectivity index (χ2v) is 5.51. The fraction of sp³-hybridized carbons (Fsp3) is 1.00. The molecule has 2 saturated carbocycles. The average Bonchev–Trinajstić information content (AvgIpc) is 2.75. The first-order valence-corrected chi connectivity index (χ1v) is 5.43. The normalized spacial score (nSPS) is 47.1. The van der Waals surface area contributed by atoms with Crippen LogP contribution in [0.3, 0.4) is 0 Å². The van der Waals surface area contributed by atoms with Gasteiger partial charge in [-0.25, -0.2) is 0 Å². The summed E-state index contributed by atoms with van der Waals surface area (Å²) in [6, 6.07) is 0.537. The third-order valence-electron chi connectivity index (χ3n) is 4.12. The average molecular weight is 183 g/mol. The zero-order valence-electron chi connectivity index (χ0n) is 8.88. The molecule has 0 aliphatic heterocycles. The number of hydrogen-bond acceptors (Lipinski definition) is 2. The molecule has 2 aliphatic carbocycles. The van der Waals surface area contributed by atoms with Crippen LogP contribution in [0.5, 0.6) is 0 Å². The van der Waals surface area contributed by atoms with E-state index >= 15 is 0 Å². The maximum absolute atomic E-state index is 9.54. The molecule has 2 rings (SSSR count). The highest BCUT2D eigenvalue weighted by atomic mass is 16.3. The summed E-state index contributed by atoms with van der Waals surface area (Å²) in [5, 5.41) is 13.1. The summed E-state index contributed by atoms with van der Waals surface area (Å²) in [5.74, 6) is 1.84. The predicted octanol–water partition coefficient (Wildman–Crippen LogP) is 1.39. The highest BCUT2D eigenvalue weighted by Gasteiger charge is 2.47. The number of aliphatic hydroxyl groups excluding tert-OH is 1. The zero-order chi connectivity index (χ0) is 9.64. The monoisotopic (exact) mass is 183 g/mol. The third-order valence-corrected chi connectivity index (χ3v) is 4.12. The van der Waals surface area contributed by atoms with Gasteiger partial charge in [-0.15, -0.1) is 0 Å². The van der Waals surface area contributed by atoms with E-state index in [0.29, 0.717) is 6.04 Å². The van der Waals surface area contributed by atoms with Crippen LogP contribution < -0.4 is 5.32 Å². The standard InChI is InChI=1S/C11H21NO/c1-7-4-8(7)6-12-9-5-10(13)11(9,2)3/h7-10,12-13H,4-6H2,1-3H3. The lowest BCUT2D eigenvalue weighted by atomic mass is 9.64. The third kappa shape index (κ3) is 1.62. The maximum Gasteiger partial charge on any atom is 0.0621 e. The van der Waals surface area contributed by atoms with Gasteiger partial charge in [-0.1, -0.05) is 20.8 Å². The summed E-state index contributed by atoms with van der Waals surface area (Å²) in [6.07, 6.45) is 2.23. The summed E-state index contributed by atoms with van der Waals surface area (Å²) in [6.45, 7) is 7.76. The fourth-order valence-electron chi connectivity index (χ4n) is 2.23. The number of rotatable bonds is 3. The molecule has 76 valence electrons. The van der Waals surface area contributed by atoms with Gasteiger partial charge in [0.05, 0.1) is 6.10 Å². The van der Waals surface area contributed by atoms with Crippen LogP contribution >= 0.6 is 0 Å². The molecule has 13 heavy (non-hydrogen) atoms. The van der Waals surface area contributed by atoms with Gasteiger partial charge >= 0.3 is 0 Å². The van der Waals surface area contributed by atoms with Crippen molar-refractivity contribution in [3.05, 3.63) is 0 Å². The quantitative estimate of drug-likeness (QED) is 0.693. The predicted molar refractivity (Wildman–Crippen MR) is 53.5 cm³/mol. The van der Waals surface area contributed by atoms with E-state index in [-0.39, 0.29) is 11.5 Å². The van der Waals surface area contributed by atoms with E-state index in [0.717, 1.165) is 24.8 Å². The van der Waals surface area contributed by atoms with Crippen molar-refractivity contribution >= 4 is 0 Å². The van der Waals surface area contributed by atoms with Gasteiger partial charge < -0.3 is 10.4 Å². The molecule has 0 aromatic heterocycles. The van der Waals surface area contributed by atoms with Crippen molar-refractivity contribution in [1.82, 2.24) is 5.32 Å². The van der Waals surface area contributed by atoms with Crippen LogP contribution in [0.25, 0.3) is 0 Å². The highest BCUT2D eigenvalue weighted by Crippen LogP contribution is 2.42. The topological polar surface area (TPSA) is 32.3 Å². The molecular formula is C11H21NO. The van der Waals surface area contributed by atoms with Gasteiger partial charge in [0.15, 0.2) is 0 Å². The molecule has 2 nitrogen and oxygen atoms in total. The van der Waals surface area contributed by atoms with Crippen LogP contribution in [0.2, 0.25) is 0 Å². The number of nitrogens with one attached hydrogen (secondary N) is 1. The van der Waals surface area contributed by atoms with E-state index in [4.69, 9.17) is 0 Å². The van der Waals surface area contributed by atoms with Crippen molar-refractivity contribution in [2.45, 2.75) is 45.8 Å². The molecule has 0 saturated heterocycles. The highest BCUT2D eigenvalue weighted by molar-refractivity contribution is 5.02. The van der Waals surface area contributed by atoms with E-state index in [1.54, 1.807) is 0 Å². The van der Waals surface area contributed by atoms with E-state index in [1.807, 2.05) is 0 Å². The van der Waals surface area contributed by atoms with Crippen molar-refractivity contribution in [3.63, 3.8) is 0 Å². The van der Waals surface area contributed by atoms with Gasteiger partial charge in [0.2, 0.25) is 0 Å². The molecule has 0 aromatic carbocycles. The molecule has 2 N–H and O–H groups in total. The Bertz CT molecular complexity index is 202. The minimum absolute atomic E-state index is 0.0954. The lowest BCUT2D eigenvalue weighted by Gasteiger charge is -2.49. The van der Waals surface area contributed by atoms with Gasteiger partial charge in [-0.05, 0) is 31.2 Å². The van der Waals surface area contributed by atoms with E-state index in [9.17, 15) is 5.11 Å². The molecule has 2 heteroatoms. The Hall–Kier alpha value is -0.0800. The van der Waals surface area contributed by atoms with Crippen LogP contribution in [-0.4, -0.2) is 23.8 Å².